The van der Waals surface area contributed by atoms with E-state index in [1.165, 1.54) is 16.7 Å². The third kappa shape index (κ3) is 3.73. The zero-order valence-corrected chi connectivity index (χ0v) is 19.6. The minimum absolute atomic E-state index is 0.435. The first kappa shape index (κ1) is 20.7. The minimum Gasteiger partial charge on any atom is -0.371 e. The van der Waals surface area contributed by atoms with Crippen molar-refractivity contribution in [3.8, 4) is 0 Å². The van der Waals surface area contributed by atoms with Gasteiger partial charge in [-0.15, -0.1) is 0 Å². The summed E-state index contributed by atoms with van der Waals surface area (Å²) in [5, 5.41) is 5.95. The first-order valence-corrected chi connectivity index (χ1v) is 12.2. The number of hydrogen-bond donors (Lipinski definition) is 2. The lowest BCUT2D eigenvalue weighted by atomic mass is 9.84. The number of H-pyrrole nitrogens is 1. The Bertz CT molecular complexity index is 1710. The van der Waals surface area contributed by atoms with E-state index in [4.69, 9.17) is 9.98 Å². The third-order valence-electron chi connectivity index (χ3n) is 6.94. The zero-order valence-electron chi connectivity index (χ0n) is 19.6. The molecule has 0 saturated heterocycles. The van der Waals surface area contributed by atoms with E-state index in [-0.39, 0.29) is 0 Å². The van der Waals surface area contributed by atoms with Crippen LogP contribution >= 0.6 is 0 Å². The maximum Gasteiger partial charge on any atom is 0.0874 e. The fourth-order valence-corrected chi connectivity index (χ4v) is 5.26. The Morgan fingerprint density at radius 1 is 0.639 bits per heavy atom. The van der Waals surface area contributed by atoms with Crippen LogP contribution in [-0.4, -0.2) is 16.4 Å². The highest BCUT2D eigenvalue weighted by molar-refractivity contribution is 6.20. The second-order valence-corrected chi connectivity index (χ2v) is 9.43. The lowest BCUT2D eigenvalue weighted by Gasteiger charge is -2.29. The molecule has 0 spiro atoms. The van der Waals surface area contributed by atoms with Gasteiger partial charge in [0.2, 0.25) is 0 Å². The summed E-state index contributed by atoms with van der Waals surface area (Å²) in [7, 11) is 0. The van der Waals surface area contributed by atoms with E-state index >= 15 is 0 Å². The van der Waals surface area contributed by atoms with Gasteiger partial charge in [-0.05, 0) is 77.4 Å². The van der Waals surface area contributed by atoms with Crippen LogP contribution in [0.15, 0.2) is 136 Å². The molecule has 4 aliphatic rings. The number of allylic oxidation sites excluding steroid dienone is 5. The summed E-state index contributed by atoms with van der Waals surface area (Å²) in [5.41, 5.74) is 8.06. The smallest absolute Gasteiger partial charge is 0.0874 e. The van der Waals surface area contributed by atoms with Crippen LogP contribution < -0.4 is 16.0 Å². The van der Waals surface area contributed by atoms with Crippen LogP contribution in [0.3, 0.4) is 0 Å². The number of aromatic nitrogens is 1. The van der Waals surface area contributed by atoms with Gasteiger partial charge in [0, 0.05) is 22.8 Å². The van der Waals surface area contributed by atoms with E-state index in [1.54, 1.807) is 0 Å². The van der Waals surface area contributed by atoms with Gasteiger partial charge in [-0.3, -0.25) is 0 Å². The molecule has 0 saturated carbocycles. The molecule has 3 aromatic rings. The fraction of sp³-hybridized carbons (Fsp3) is 0.0625. The van der Waals surface area contributed by atoms with E-state index in [0.717, 1.165) is 45.6 Å². The summed E-state index contributed by atoms with van der Waals surface area (Å²) >= 11 is 0. The molecule has 172 valence electrons. The van der Waals surface area contributed by atoms with E-state index in [0.29, 0.717) is 0 Å². The number of benzene rings is 2. The zero-order chi connectivity index (χ0) is 24.0. The quantitative estimate of drug-likeness (QED) is 0.569. The summed E-state index contributed by atoms with van der Waals surface area (Å²) in [6.45, 7) is 0. The number of aromatic amines is 1. The molecular weight excluding hydrogens is 440 g/mol. The molecule has 5 heterocycles. The van der Waals surface area contributed by atoms with Gasteiger partial charge in [-0.1, -0.05) is 60.7 Å². The van der Waals surface area contributed by atoms with Crippen molar-refractivity contribution < 1.29 is 0 Å². The van der Waals surface area contributed by atoms with E-state index in [9.17, 15) is 0 Å². The summed E-state index contributed by atoms with van der Waals surface area (Å²) in [5.74, 6) is 0. The molecule has 1 unspecified atom stereocenters. The van der Waals surface area contributed by atoms with Gasteiger partial charge in [0.05, 0.1) is 28.4 Å². The topological polar surface area (TPSA) is 52.5 Å². The Balaban J connectivity index is 1.47. The molecule has 2 aromatic carbocycles. The molecule has 7 rings (SSSR count). The Hall–Kier alpha value is -4.70. The lowest BCUT2D eigenvalue weighted by molar-refractivity contribution is 0.506. The van der Waals surface area contributed by atoms with Gasteiger partial charge in [0.15, 0.2) is 0 Å². The number of nitrogens with one attached hydrogen (secondary N) is 2. The highest BCUT2D eigenvalue weighted by Gasteiger charge is 2.38. The predicted octanol–water partition coefficient (Wildman–Crippen LogP) is 4.68. The molecule has 1 atom stereocenters. The summed E-state index contributed by atoms with van der Waals surface area (Å²) in [6.07, 6.45) is 17.7. The van der Waals surface area contributed by atoms with Crippen LogP contribution in [0, 0.1) is 0 Å². The fourth-order valence-electron chi connectivity index (χ4n) is 5.26. The summed E-state index contributed by atoms with van der Waals surface area (Å²) in [6, 6.07) is 25.4. The maximum absolute atomic E-state index is 4.95. The highest BCUT2D eigenvalue weighted by Crippen LogP contribution is 2.43. The van der Waals surface area contributed by atoms with Crippen molar-refractivity contribution in [3.63, 3.8) is 0 Å². The Labute approximate surface area is 209 Å². The molecule has 2 N–H and O–H groups in total. The van der Waals surface area contributed by atoms with Crippen LogP contribution in [-0.2, 0) is 5.54 Å². The van der Waals surface area contributed by atoms with Gasteiger partial charge >= 0.3 is 0 Å². The average Bonchev–Trinajstić information content (AvgIpc) is 3.70. The van der Waals surface area contributed by atoms with Crippen LogP contribution in [0.25, 0.3) is 17.7 Å². The molecule has 0 amide bonds. The van der Waals surface area contributed by atoms with Gasteiger partial charge in [-0.2, -0.15) is 0 Å². The maximum atomic E-state index is 4.95. The van der Waals surface area contributed by atoms with Gasteiger partial charge in [-0.25, -0.2) is 9.98 Å². The Morgan fingerprint density at radius 2 is 1.28 bits per heavy atom. The number of aliphatic imine (C=N–C) groups is 2. The van der Waals surface area contributed by atoms with Crippen molar-refractivity contribution in [3.05, 3.63) is 148 Å². The monoisotopic (exact) mass is 464 g/mol. The van der Waals surface area contributed by atoms with Crippen LogP contribution in [0.4, 0.5) is 0 Å². The molecule has 0 aliphatic carbocycles. The average molecular weight is 465 g/mol. The largest absolute Gasteiger partial charge is 0.371 e. The van der Waals surface area contributed by atoms with Crippen molar-refractivity contribution in [2.24, 2.45) is 9.98 Å². The minimum atomic E-state index is -0.435. The molecule has 4 nitrogen and oxygen atoms in total. The third-order valence-corrected chi connectivity index (χ3v) is 6.94. The summed E-state index contributed by atoms with van der Waals surface area (Å²) < 4.78 is 0. The van der Waals surface area contributed by atoms with Crippen molar-refractivity contribution in [1.29, 1.82) is 0 Å². The van der Waals surface area contributed by atoms with Crippen molar-refractivity contribution >= 4 is 29.1 Å². The SMILES string of the molecule is C1=CC2=NC1=CC1=C(c3ccccc3)CC(c3ccccc3)(C=C3C=CC(=N3)C=c3ccc([nH]3)=C2)N1. The van der Waals surface area contributed by atoms with Gasteiger partial charge in [0.25, 0.3) is 0 Å². The predicted molar refractivity (Wildman–Crippen MR) is 148 cm³/mol. The number of fused-ring (bicyclic) bond motifs is 6. The molecular formula is C32H24N4. The lowest BCUT2D eigenvalue weighted by Crippen LogP contribution is -2.35. The summed E-state index contributed by atoms with van der Waals surface area (Å²) in [4.78, 5) is 13.3. The molecule has 0 radical (unpaired) electrons. The molecule has 36 heavy (non-hydrogen) atoms. The van der Waals surface area contributed by atoms with Crippen LogP contribution in [0.5, 0.6) is 0 Å². The number of hydrogen-bond acceptors (Lipinski definition) is 3. The second-order valence-electron chi connectivity index (χ2n) is 9.43. The van der Waals surface area contributed by atoms with Crippen molar-refractivity contribution in [2.45, 2.75) is 12.0 Å². The first-order chi connectivity index (χ1) is 17.7. The first-order valence-electron chi connectivity index (χ1n) is 12.2. The van der Waals surface area contributed by atoms with Gasteiger partial charge in [0.1, 0.15) is 0 Å². The molecule has 4 aliphatic heterocycles. The number of nitrogens with zero attached hydrogens (tertiary/aromatic N) is 2. The molecule has 4 heteroatoms. The second kappa shape index (κ2) is 8.21. The van der Waals surface area contributed by atoms with Crippen LogP contribution in [0.2, 0.25) is 0 Å². The normalized spacial score (nSPS) is 21.8. The van der Waals surface area contributed by atoms with E-state index in [1.807, 2.05) is 0 Å². The van der Waals surface area contributed by atoms with Crippen LogP contribution in [0.1, 0.15) is 17.5 Å². The Kier molecular flexibility index (Phi) is 4.71. The van der Waals surface area contributed by atoms with Gasteiger partial charge < -0.3 is 10.3 Å². The van der Waals surface area contributed by atoms with Crippen molar-refractivity contribution in [2.75, 3.05) is 0 Å². The van der Waals surface area contributed by atoms with E-state index < -0.39 is 5.54 Å². The van der Waals surface area contributed by atoms with E-state index in [2.05, 4.69) is 132 Å². The number of rotatable bonds is 2. The molecule has 0 fully saturated rings. The Morgan fingerprint density at radius 3 is 2.00 bits per heavy atom. The molecule has 1 aromatic heterocycles. The molecule has 8 bridgehead atoms. The highest BCUT2D eigenvalue weighted by atomic mass is 15.0. The standard InChI is InChI=1S/C32H24N4/c1-3-7-22(8-4-1)30-21-32(23-9-5-2-6-10-23)20-29-16-15-27(35-29)18-25-12-11-24(33-25)17-26-13-14-28(34-26)19-31(30)36-32/h1-20,33,36H,21H2. The van der Waals surface area contributed by atoms with Crippen molar-refractivity contribution in [1.82, 2.24) is 10.3 Å².